The van der Waals surface area contributed by atoms with Gasteiger partial charge < -0.3 is 19.9 Å². The summed E-state index contributed by atoms with van der Waals surface area (Å²) >= 11 is 0. The fraction of sp³-hybridized carbons (Fsp3) is 0.300. The van der Waals surface area contributed by atoms with Crippen LogP contribution >= 0.6 is 0 Å². The summed E-state index contributed by atoms with van der Waals surface area (Å²) in [5.74, 6) is 1.31. The number of aromatic nitrogens is 2. The number of hydrogen-bond acceptors (Lipinski definition) is 7. The zero-order valence-electron chi connectivity index (χ0n) is 22.2. The molecule has 2 aliphatic rings. The van der Waals surface area contributed by atoms with Gasteiger partial charge in [0.25, 0.3) is 0 Å². The van der Waals surface area contributed by atoms with Crippen molar-refractivity contribution in [2.24, 2.45) is 11.1 Å². The third kappa shape index (κ3) is 4.41. The van der Waals surface area contributed by atoms with E-state index < -0.39 is 5.92 Å². The van der Waals surface area contributed by atoms with Gasteiger partial charge in [-0.05, 0) is 55.7 Å². The molecule has 1 aromatic heterocycles. The molecule has 0 saturated carbocycles. The highest BCUT2D eigenvalue weighted by atomic mass is 16.5. The predicted octanol–water partition coefficient (Wildman–Crippen LogP) is 5.74. The summed E-state index contributed by atoms with van der Waals surface area (Å²) in [5, 5.41) is 15.0. The van der Waals surface area contributed by atoms with Crippen molar-refractivity contribution in [3.63, 3.8) is 0 Å². The topological polar surface area (TPSA) is 112 Å². The molecule has 1 atom stereocenters. The number of hydrogen-bond donors (Lipinski definition) is 1. The van der Waals surface area contributed by atoms with E-state index in [9.17, 15) is 10.1 Å². The number of ether oxygens (including phenoxy) is 3. The van der Waals surface area contributed by atoms with Crippen LogP contribution in [0.4, 0.5) is 0 Å². The number of Topliss-reactive ketones (excluding diaryl/α,β-unsaturated/α-hetero) is 1. The van der Waals surface area contributed by atoms with Crippen molar-refractivity contribution in [1.29, 1.82) is 5.26 Å². The summed E-state index contributed by atoms with van der Waals surface area (Å²) in [4.78, 5) is 13.6. The Balaban J connectivity index is 1.74. The summed E-state index contributed by atoms with van der Waals surface area (Å²) in [6, 6.07) is 17.3. The number of methoxy groups -OCH3 is 1. The summed E-state index contributed by atoms with van der Waals surface area (Å²) in [5.41, 5.74) is 9.72. The molecule has 194 valence electrons. The Hall–Kier alpha value is -4.51. The van der Waals surface area contributed by atoms with Crippen LogP contribution in [0.3, 0.4) is 0 Å². The predicted molar refractivity (Wildman–Crippen MR) is 142 cm³/mol. The first-order chi connectivity index (χ1) is 18.1. The molecule has 0 bridgehead atoms. The van der Waals surface area contributed by atoms with Crippen LogP contribution in [0.5, 0.6) is 17.4 Å². The molecule has 0 fully saturated rings. The van der Waals surface area contributed by atoms with Gasteiger partial charge in [-0.2, -0.15) is 10.4 Å². The molecule has 3 aromatic rings. The van der Waals surface area contributed by atoms with E-state index in [0.717, 1.165) is 11.3 Å². The maximum absolute atomic E-state index is 13.6. The van der Waals surface area contributed by atoms with Crippen LogP contribution < -0.4 is 15.2 Å². The molecule has 1 unspecified atom stereocenters. The molecular formula is C30H30N4O4. The number of carbonyl (C=O) groups excluding carboxylic acids is 1. The van der Waals surface area contributed by atoms with Gasteiger partial charge in [0, 0.05) is 18.4 Å². The Morgan fingerprint density at radius 1 is 1.08 bits per heavy atom. The first kappa shape index (κ1) is 25.2. The lowest BCUT2D eigenvalue weighted by Gasteiger charge is -2.37. The van der Waals surface area contributed by atoms with Crippen molar-refractivity contribution >= 4 is 5.78 Å². The lowest BCUT2D eigenvalue weighted by Crippen LogP contribution is -2.33. The van der Waals surface area contributed by atoms with Crippen LogP contribution in [0.2, 0.25) is 0 Å². The SMILES string of the molecule is COc1ccc(Oc2c(C3C(C#N)=C(N)OC4=C3C(=O)CC(C)(C)C4)c(C)nn2-c2ccc(C)cc2)cc1. The van der Waals surface area contributed by atoms with Gasteiger partial charge in [0.2, 0.25) is 11.8 Å². The largest absolute Gasteiger partial charge is 0.497 e. The zero-order chi connectivity index (χ0) is 27.2. The van der Waals surface area contributed by atoms with Crippen molar-refractivity contribution < 1.29 is 19.0 Å². The van der Waals surface area contributed by atoms with Gasteiger partial charge in [-0.1, -0.05) is 31.5 Å². The standard InChI is InChI=1S/C30H30N4O4/c1-17-6-8-19(9-7-17)34-29(37-21-12-10-20(36-5)11-13-21)25(18(2)33-34)26-22(16-31)28(32)38-24-15-30(3,4)14-23(35)27(24)26/h6-13,26H,14-15,32H2,1-5H3. The monoisotopic (exact) mass is 510 g/mol. The molecule has 0 saturated heterocycles. The average Bonchev–Trinajstić information content (AvgIpc) is 3.18. The van der Waals surface area contributed by atoms with Gasteiger partial charge in [-0.3, -0.25) is 4.79 Å². The molecule has 0 amide bonds. The van der Waals surface area contributed by atoms with E-state index in [1.165, 1.54) is 0 Å². The molecule has 0 radical (unpaired) electrons. The minimum Gasteiger partial charge on any atom is -0.497 e. The van der Waals surface area contributed by atoms with Gasteiger partial charge in [-0.25, -0.2) is 4.68 Å². The van der Waals surface area contributed by atoms with Crippen molar-refractivity contribution in [2.45, 2.75) is 46.5 Å². The molecule has 2 N–H and O–H groups in total. The summed E-state index contributed by atoms with van der Waals surface area (Å²) < 4.78 is 19.4. The van der Waals surface area contributed by atoms with Crippen LogP contribution in [0.15, 0.2) is 71.3 Å². The molecule has 2 aromatic carbocycles. The van der Waals surface area contributed by atoms with Crippen molar-refractivity contribution in [2.75, 3.05) is 7.11 Å². The quantitative estimate of drug-likeness (QED) is 0.466. The second kappa shape index (κ2) is 9.42. The molecule has 0 spiro atoms. The number of aryl methyl sites for hydroxylation is 2. The smallest absolute Gasteiger partial charge is 0.227 e. The van der Waals surface area contributed by atoms with Crippen LogP contribution in [0.1, 0.15) is 49.4 Å². The second-order valence-corrected chi connectivity index (χ2v) is 10.5. The normalized spacial score (nSPS) is 18.5. The highest BCUT2D eigenvalue weighted by Gasteiger charge is 2.45. The van der Waals surface area contributed by atoms with Crippen LogP contribution in [-0.4, -0.2) is 22.7 Å². The fourth-order valence-corrected chi connectivity index (χ4v) is 5.14. The van der Waals surface area contributed by atoms with Crippen molar-refractivity contribution in [1.82, 2.24) is 9.78 Å². The lowest BCUT2D eigenvalue weighted by molar-refractivity contribution is -0.119. The Morgan fingerprint density at radius 3 is 2.37 bits per heavy atom. The molecule has 8 heteroatoms. The van der Waals surface area contributed by atoms with Crippen molar-refractivity contribution in [3.8, 4) is 29.1 Å². The minimum atomic E-state index is -0.764. The van der Waals surface area contributed by atoms with Crippen molar-refractivity contribution in [3.05, 3.63) is 88.1 Å². The van der Waals surface area contributed by atoms with Crippen LogP contribution in [-0.2, 0) is 9.53 Å². The third-order valence-corrected chi connectivity index (χ3v) is 6.98. The number of rotatable bonds is 5. The summed E-state index contributed by atoms with van der Waals surface area (Å²) in [6.07, 6.45) is 0.869. The van der Waals surface area contributed by atoms with E-state index in [-0.39, 0.29) is 22.7 Å². The Labute approximate surface area is 221 Å². The first-order valence-corrected chi connectivity index (χ1v) is 12.4. The number of ketones is 1. The number of nitrogens with two attached hydrogens (primary N) is 1. The maximum Gasteiger partial charge on any atom is 0.227 e. The summed E-state index contributed by atoms with van der Waals surface area (Å²) in [7, 11) is 1.60. The van der Waals surface area contributed by atoms with Gasteiger partial charge in [0.15, 0.2) is 5.78 Å². The third-order valence-electron chi connectivity index (χ3n) is 6.98. The molecule has 8 nitrogen and oxygen atoms in total. The van der Waals surface area contributed by atoms with E-state index in [4.69, 9.17) is 25.0 Å². The van der Waals surface area contributed by atoms with E-state index in [1.54, 1.807) is 36.1 Å². The highest BCUT2D eigenvalue weighted by Crippen LogP contribution is 2.51. The minimum absolute atomic E-state index is 0.000339. The molecular weight excluding hydrogens is 480 g/mol. The maximum atomic E-state index is 13.6. The van der Waals surface area contributed by atoms with Gasteiger partial charge >= 0.3 is 0 Å². The van der Waals surface area contributed by atoms with Crippen LogP contribution in [0, 0.1) is 30.6 Å². The number of nitrogens with zero attached hydrogens (tertiary/aromatic N) is 3. The summed E-state index contributed by atoms with van der Waals surface area (Å²) in [6.45, 7) is 7.90. The molecule has 1 aliphatic carbocycles. The van der Waals surface area contributed by atoms with Gasteiger partial charge in [-0.15, -0.1) is 0 Å². The van der Waals surface area contributed by atoms with E-state index in [1.807, 2.05) is 52.0 Å². The number of carbonyl (C=O) groups is 1. The number of allylic oxidation sites excluding steroid dienone is 3. The Kier molecular flexibility index (Phi) is 6.23. The van der Waals surface area contributed by atoms with Gasteiger partial charge in [0.1, 0.15) is 28.9 Å². The van der Waals surface area contributed by atoms with E-state index in [0.29, 0.717) is 52.8 Å². The molecule has 38 heavy (non-hydrogen) atoms. The molecule has 1 aliphatic heterocycles. The first-order valence-electron chi connectivity index (χ1n) is 12.4. The Bertz CT molecular complexity index is 1520. The molecule has 2 heterocycles. The molecule has 5 rings (SSSR count). The van der Waals surface area contributed by atoms with E-state index in [2.05, 4.69) is 6.07 Å². The lowest BCUT2D eigenvalue weighted by atomic mass is 9.70. The highest BCUT2D eigenvalue weighted by molar-refractivity contribution is 6.00. The zero-order valence-corrected chi connectivity index (χ0v) is 22.2. The fourth-order valence-electron chi connectivity index (χ4n) is 5.14. The number of benzene rings is 2. The van der Waals surface area contributed by atoms with E-state index >= 15 is 0 Å². The average molecular weight is 511 g/mol. The number of nitriles is 1. The Morgan fingerprint density at radius 2 is 1.74 bits per heavy atom. The van der Waals surface area contributed by atoms with Crippen LogP contribution in [0.25, 0.3) is 5.69 Å². The van der Waals surface area contributed by atoms with Gasteiger partial charge in [0.05, 0.1) is 30.0 Å². The second-order valence-electron chi connectivity index (χ2n) is 10.5.